The van der Waals surface area contributed by atoms with Crippen molar-refractivity contribution in [3.05, 3.63) is 94.0 Å². The second kappa shape index (κ2) is 10.2. The van der Waals surface area contributed by atoms with Crippen LogP contribution in [0.15, 0.2) is 72.3 Å². The highest BCUT2D eigenvalue weighted by Crippen LogP contribution is 2.43. The van der Waals surface area contributed by atoms with E-state index in [0.717, 1.165) is 5.56 Å². The Balaban J connectivity index is 1.91. The molecule has 0 aliphatic carbocycles. The van der Waals surface area contributed by atoms with Gasteiger partial charge in [-0.1, -0.05) is 41.4 Å². The number of amides is 1. The summed E-state index contributed by atoms with van der Waals surface area (Å²) in [6, 6.07) is 18.4. The first-order valence-corrected chi connectivity index (χ1v) is 11.8. The molecule has 1 amide bonds. The third-order valence-corrected chi connectivity index (χ3v) is 6.06. The number of rotatable bonds is 7. The summed E-state index contributed by atoms with van der Waals surface area (Å²) >= 11 is 6.40. The second-order valence-electron chi connectivity index (χ2n) is 8.08. The number of aliphatic hydroxyl groups is 1. The van der Waals surface area contributed by atoms with Crippen molar-refractivity contribution in [2.75, 3.05) is 18.1 Å². The third-order valence-electron chi connectivity index (χ3n) is 5.73. The number of nitrogens with zero attached hydrogens (tertiary/aromatic N) is 1. The molecule has 3 aromatic carbocycles. The molecule has 4 rings (SSSR count). The molecular weight excluding hydrogens is 466 g/mol. The molecule has 0 radical (unpaired) electrons. The summed E-state index contributed by atoms with van der Waals surface area (Å²) in [7, 11) is 0. The van der Waals surface area contributed by atoms with Crippen molar-refractivity contribution >= 4 is 34.7 Å². The first kappa shape index (κ1) is 24.4. The van der Waals surface area contributed by atoms with Gasteiger partial charge in [0.05, 0.1) is 29.9 Å². The molecule has 1 saturated heterocycles. The van der Waals surface area contributed by atoms with E-state index in [0.29, 0.717) is 36.0 Å². The predicted octanol–water partition coefficient (Wildman–Crippen LogP) is 6.07. The molecule has 3 aromatic rings. The predicted molar refractivity (Wildman–Crippen MR) is 136 cm³/mol. The quantitative estimate of drug-likeness (QED) is 0.246. The van der Waals surface area contributed by atoms with Gasteiger partial charge in [-0.2, -0.15) is 0 Å². The molecule has 1 aliphatic rings. The highest BCUT2D eigenvalue weighted by Gasteiger charge is 2.47. The first-order valence-electron chi connectivity index (χ1n) is 11.4. The van der Waals surface area contributed by atoms with E-state index >= 15 is 0 Å². The van der Waals surface area contributed by atoms with E-state index in [1.807, 2.05) is 45.0 Å². The molecule has 0 saturated carbocycles. The van der Waals surface area contributed by atoms with Crippen LogP contribution in [0.3, 0.4) is 0 Å². The Morgan fingerprint density at radius 2 is 1.60 bits per heavy atom. The van der Waals surface area contributed by atoms with Crippen molar-refractivity contribution in [1.82, 2.24) is 0 Å². The summed E-state index contributed by atoms with van der Waals surface area (Å²) in [4.78, 5) is 28.1. The lowest BCUT2D eigenvalue weighted by Gasteiger charge is -2.26. The molecule has 1 aliphatic heterocycles. The van der Waals surface area contributed by atoms with Gasteiger partial charge >= 0.3 is 0 Å². The molecular formula is C28H26ClNO5. The monoisotopic (exact) mass is 491 g/mol. The number of ketones is 1. The Labute approximate surface area is 209 Å². The largest absolute Gasteiger partial charge is 0.507 e. The molecule has 1 N–H and O–H groups in total. The number of benzene rings is 3. The highest BCUT2D eigenvalue weighted by atomic mass is 35.5. The minimum atomic E-state index is -0.848. The number of hydrogen-bond donors (Lipinski definition) is 1. The molecule has 1 heterocycles. The van der Waals surface area contributed by atoms with Crippen molar-refractivity contribution in [2.24, 2.45) is 0 Å². The summed E-state index contributed by atoms with van der Waals surface area (Å²) < 4.78 is 11.1. The average molecular weight is 492 g/mol. The van der Waals surface area contributed by atoms with Crippen molar-refractivity contribution in [3.8, 4) is 11.5 Å². The van der Waals surface area contributed by atoms with Gasteiger partial charge in [-0.05, 0) is 68.8 Å². The maximum absolute atomic E-state index is 13.4. The summed E-state index contributed by atoms with van der Waals surface area (Å²) in [5, 5.41) is 11.6. The third kappa shape index (κ3) is 4.75. The smallest absolute Gasteiger partial charge is 0.300 e. The van der Waals surface area contributed by atoms with Gasteiger partial charge in [0.1, 0.15) is 17.3 Å². The molecule has 0 aromatic heterocycles. The van der Waals surface area contributed by atoms with Gasteiger partial charge in [-0.3, -0.25) is 14.5 Å². The summed E-state index contributed by atoms with van der Waals surface area (Å²) in [6.07, 6.45) is 0. The van der Waals surface area contributed by atoms with Crippen LogP contribution in [-0.4, -0.2) is 30.0 Å². The van der Waals surface area contributed by atoms with Crippen molar-refractivity contribution in [1.29, 1.82) is 0 Å². The molecule has 1 unspecified atom stereocenters. The van der Waals surface area contributed by atoms with E-state index < -0.39 is 17.7 Å². The molecule has 1 fully saturated rings. The fourth-order valence-electron chi connectivity index (χ4n) is 4.21. The van der Waals surface area contributed by atoms with Crippen LogP contribution in [0.5, 0.6) is 11.5 Å². The van der Waals surface area contributed by atoms with Crippen LogP contribution in [0, 0.1) is 6.92 Å². The lowest BCUT2D eigenvalue weighted by molar-refractivity contribution is -0.132. The average Bonchev–Trinajstić information content (AvgIpc) is 3.11. The van der Waals surface area contributed by atoms with Gasteiger partial charge in [-0.15, -0.1) is 0 Å². The van der Waals surface area contributed by atoms with Crippen LogP contribution in [-0.2, 0) is 9.59 Å². The van der Waals surface area contributed by atoms with Crippen molar-refractivity contribution < 1.29 is 24.2 Å². The van der Waals surface area contributed by atoms with Crippen LogP contribution < -0.4 is 14.4 Å². The number of carbonyl (C=O) groups excluding carboxylic acids is 2. The fourth-order valence-corrected chi connectivity index (χ4v) is 4.42. The zero-order valence-electron chi connectivity index (χ0n) is 19.7. The van der Waals surface area contributed by atoms with Crippen molar-refractivity contribution in [2.45, 2.75) is 26.8 Å². The SMILES string of the molecule is CCOc1ccc(N2C(=O)C(=O)/C(=C(/O)c3cc(OCC)ccc3Cl)C2c2cccc(C)c2)cc1. The van der Waals surface area contributed by atoms with Gasteiger partial charge in [0.15, 0.2) is 0 Å². The van der Waals surface area contributed by atoms with Gasteiger partial charge in [0, 0.05) is 11.3 Å². The normalized spacial score (nSPS) is 17.0. The Hall–Kier alpha value is -3.77. The number of halogens is 1. The molecule has 0 bridgehead atoms. The lowest BCUT2D eigenvalue weighted by atomic mass is 9.94. The molecule has 35 heavy (non-hydrogen) atoms. The second-order valence-corrected chi connectivity index (χ2v) is 8.49. The minimum Gasteiger partial charge on any atom is -0.507 e. The molecule has 0 spiro atoms. The number of hydrogen-bond acceptors (Lipinski definition) is 5. The van der Waals surface area contributed by atoms with Gasteiger partial charge in [0.2, 0.25) is 0 Å². The van der Waals surface area contributed by atoms with Crippen molar-refractivity contribution in [3.63, 3.8) is 0 Å². The van der Waals surface area contributed by atoms with E-state index in [1.54, 1.807) is 42.5 Å². The lowest BCUT2D eigenvalue weighted by Crippen LogP contribution is -2.29. The van der Waals surface area contributed by atoms with Gasteiger partial charge in [-0.25, -0.2) is 0 Å². The molecule has 180 valence electrons. The maximum atomic E-state index is 13.4. The number of aryl methyl sites for hydroxylation is 1. The number of ether oxygens (including phenoxy) is 2. The maximum Gasteiger partial charge on any atom is 0.300 e. The zero-order chi connectivity index (χ0) is 25.1. The zero-order valence-corrected chi connectivity index (χ0v) is 20.5. The van der Waals surface area contributed by atoms with E-state index in [1.165, 1.54) is 4.90 Å². The Morgan fingerprint density at radius 3 is 2.26 bits per heavy atom. The van der Waals surface area contributed by atoms with Gasteiger partial charge < -0.3 is 14.6 Å². The van der Waals surface area contributed by atoms with Crippen LogP contribution in [0.2, 0.25) is 5.02 Å². The number of carbonyl (C=O) groups is 2. The number of anilines is 1. The Kier molecular flexibility index (Phi) is 7.12. The Bertz CT molecular complexity index is 1300. The summed E-state index contributed by atoms with van der Waals surface area (Å²) in [5.74, 6) is -0.735. The standard InChI is InChI=1S/C28H26ClNO5/c1-4-34-20-11-9-19(10-12-20)30-25(18-8-6-7-17(3)15-18)24(27(32)28(30)33)26(31)22-16-21(35-5-2)13-14-23(22)29/h6-16,25,31H,4-5H2,1-3H3/b26-24+. The topological polar surface area (TPSA) is 76.1 Å². The number of Topliss-reactive ketones (excluding diaryl/α,β-unsaturated/α-hetero) is 1. The van der Waals surface area contributed by atoms with E-state index in [9.17, 15) is 14.7 Å². The minimum absolute atomic E-state index is 0.0370. The van der Waals surface area contributed by atoms with E-state index in [-0.39, 0.29) is 21.9 Å². The van der Waals surface area contributed by atoms with Crippen LogP contribution >= 0.6 is 11.6 Å². The molecule has 1 atom stereocenters. The molecule has 7 heteroatoms. The van der Waals surface area contributed by atoms with Crippen LogP contribution in [0.25, 0.3) is 5.76 Å². The molecule has 6 nitrogen and oxygen atoms in total. The van der Waals surface area contributed by atoms with Crippen LogP contribution in [0.1, 0.15) is 36.6 Å². The Morgan fingerprint density at radius 1 is 0.943 bits per heavy atom. The van der Waals surface area contributed by atoms with Gasteiger partial charge in [0.25, 0.3) is 11.7 Å². The van der Waals surface area contributed by atoms with E-state index in [4.69, 9.17) is 21.1 Å². The fraction of sp³-hybridized carbons (Fsp3) is 0.214. The van der Waals surface area contributed by atoms with Crippen LogP contribution in [0.4, 0.5) is 5.69 Å². The number of aliphatic hydroxyl groups excluding tert-OH is 1. The summed E-state index contributed by atoms with van der Waals surface area (Å²) in [5.41, 5.74) is 2.34. The summed E-state index contributed by atoms with van der Waals surface area (Å²) in [6.45, 7) is 6.58. The first-order chi connectivity index (χ1) is 16.8. The van der Waals surface area contributed by atoms with E-state index in [2.05, 4.69) is 0 Å². The highest BCUT2D eigenvalue weighted by molar-refractivity contribution is 6.52.